The molecule has 1 aromatic rings. The molecule has 0 saturated heterocycles. The fourth-order valence-electron chi connectivity index (χ4n) is 1.40. The molecule has 0 fully saturated rings. The van der Waals surface area contributed by atoms with Crippen LogP contribution < -0.4 is 0 Å². The summed E-state index contributed by atoms with van der Waals surface area (Å²) in [6.45, 7) is 1.48. The number of rotatable bonds is 5. The monoisotopic (exact) mass is 292 g/mol. The Bertz CT molecular complexity index is 553. The van der Waals surface area contributed by atoms with Crippen LogP contribution in [0.1, 0.15) is 17.3 Å². The molecule has 0 aliphatic heterocycles. The van der Waals surface area contributed by atoms with E-state index in [1.807, 2.05) is 0 Å². The van der Waals surface area contributed by atoms with Gasteiger partial charge < -0.3 is 9.84 Å². The summed E-state index contributed by atoms with van der Waals surface area (Å²) in [5, 5.41) is 8.05. The van der Waals surface area contributed by atoms with E-state index < -0.39 is 21.1 Å². The van der Waals surface area contributed by atoms with Crippen molar-refractivity contribution < 1.29 is 23.1 Å². The van der Waals surface area contributed by atoms with Gasteiger partial charge in [0.1, 0.15) is 0 Å². The van der Waals surface area contributed by atoms with Crippen LogP contribution >= 0.6 is 11.6 Å². The van der Waals surface area contributed by atoms with E-state index in [1.54, 1.807) is 0 Å². The lowest BCUT2D eigenvalue weighted by atomic mass is 10.2. The van der Waals surface area contributed by atoms with Crippen molar-refractivity contribution in [2.24, 2.45) is 0 Å². The molecule has 1 unspecified atom stereocenters. The molecule has 5 nitrogen and oxygen atoms in total. The van der Waals surface area contributed by atoms with Crippen molar-refractivity contribution in [1.29, 1.82) is 0 Å². The molecule has 0 heterocycles. The van der Waals surface area contributed by atoms with Crippen molar-refractivity contribution in [1.82, 2.24) is 0 Å². The number of ether oxygens (including phenoxy) is 1. The molecule has 0 aromatic heterocycles. The lowest BCUT2D eigenvalue weighted by Crippen LogP contribution is -2.23. The molecular formula is C11H13ClO5S. The Balaban J connectivity index is 3.31. The van der Waals surface area contributed by atoms with Gasteiger partial charge in [0, 0.05) is 7.11 Å². The van der Waals surface area contributed by atoms with E-state index in [0.717, 1.165) is 6.07 Å². The summed E-state index contributed by atoms with van der Waals surface area (Å²) in [7, 11) is -2.32. The van der Waals surface area contributed by atoms with E-state index in [2.05, 4.69) is 0 Å². The Kier molecular flexibility index (Phi) is 4.72. The third-order valence-electron chi connectivity index (χ3n) is 2.42. The number of aromatic carboxylic acids is 1. The molecule has 7 heteroatoms. The number of halogens is 1. The maximum atomic E-state index is 12.2. The van der Waals surface area contributed by atoms with Crippen molar-refractivity contribution in [3.8, 4) is 0 Å². The topological polar surface area (TPSA) is 80.7 Å². The van der Waals surface area contributed by atoms with Crippen molar-refractivity contribution in [2.75, 3.05) is 13.7 Å². The minimum absolute atomic E-state index is 0.00273. The SMILES string of the molecule is COCC(C)S(=O)(=O)c1cc(C(=O)O)ccc1Cl. The van der Waals surface area contributed by atoms with Crippen LogP contribution in [0.2, 0.25) is 5.02 Å². The Labute approximate surface area is 110 Å². The maximum absolute atomic E-state index is 12.2. The zero-order valence-electron chi connectivity index (χ0n) is 9.88. The first-order chi connectivity index (χ1) is 8.30. The highest BCUT2D eigenvalue weighted by Gasteiger charge is 2.26. The fraction of sp³-hybridized carbons (Fsp3) is 0.364. The highest BCUT2D eigenvalue weighted by Crippen LogP contribution is 2.26. The summed E-state index contributed by atoms with van der Waals surface area (Å²) in [6, 6.07) is 3.58. The van der Waals surface area contributed by atoms with Gasteiger partial charge in [-0.15, -0.1) is 0 Å². The van der Waals surface area contributed by atoms with Crippen LogP contribution in [0.4, 0.5) is 0 Å². The summed E-state index contributed by atoms with van der Waals surface area (Å²) < 4.78 is 29.1. The van der Waals surface area contributed by atoms with Gasteiger partial charge in [-0.05, 0) is 25.1 Å². The number of hydrogen-bond acceptors (Lipinski definition) is 4. The van der Waals surface area contributed by atoms with E-state index in [4.69, 9.17) is 21.4 Å². The molecule has 18 heavy (non-hydrogen) atoms. The molecule has 0 amide bonds. The van der Waals surface area contributed by atoms with Crippen LogP contribution in [0.5, 0.6) is 0 Å². The van der Waals surface area contributed by atoms with Gasteiger partial charge in [-0.2, -0.15) is 0 Å². The van der Waals surface area contributed by atoms with Crippen LogP contribution in [0, 0.1) is 0 Å². The van der Waals surface area contributed by atoms with Crippen molar-refractivity contribution in [3.63, 3.8) is 0 Å². The number of methoxy groups -OCH3 is 1. The summed E-state index contributed by atoms with van der Waals surface area (Å²) in [5.74, 6) is -1.21. The van der Waals surface area contributed by atoms with Gasteiger partial charge in [-0.25, -0.2) is 13.2 Å². The summed E-state index contributed by atoms with van der Waals surface area (Å²) >= 11 is 5.82. The molecule has 1 rings (SSSR count). The average molecular weight is 293 g/mol. The minimum Gasteiger partial charge on any atom is -0.478 e. The van der Waals surface area contributed by atoms with Crippen molar-refractivity contribution in [3.05, 3.63) is 28.8 Å². The smallest absolute Gasteiger partial charge is 0.335 e. The first-order valence-electron chi connectivity index (χ1n) is 5.06. The van der Waals surface area contributed by atoms with E-state index in [0.29, 0.717) is 0 Å². The Morgan fingerprint density at radius 2 is 2.11 bits per heavy atom. The first kappa shape index (κ1) is 14.9. The number of carboxylic acids is 1. The Morgan fingerprint density at radius 1 is 1.50 bits per heavy atom. The highest BCUT2D eigenvalue weighted by atomic mass is 35.5. The molecule has 1 aromatic carbocycles. The molecule has 0 aliphatic carbocycles. The molecule has 1 N–H and O–H groups in total. The van der Waals surface area contributed by atoms with Crippen LogP contribution in [0.25, 0.3) is 0 Å². The Hall–Kier alpha value is -1.11. The second-order valence-electron chi connectivity index (χ2n) is 3.76. The molecule has 0 saturated carbocycles. The van der Waals surface area contributed by atoms with Gasteiger partial charge in [-0.3, -0.25) is 0 Å². The molecular weight excluding hydrogens is 280 g/mol. The van der Waals surface area contributed by atoms with Crippen molar-refractivity contribution >= 4 is 27.4 Å². The summed E-state index contributed by atoms with van der Waals surface area (Å²) in [4.78, 5) is 10.6. The quantitative estimate of drug-likeness (QED) is 0.896. The van der Waals surface area contributed by atoms with Gasteiger partial charge in [0.15, 0.2) is 9.84 Å². The molecule has 0 aliphatic rings. The second-order valence-corrected chi connectivity index (χ2v) is 6.50. The minimum atomic E-state index is -3.71. The molecule has 0 radical (unpaired) electrons. The van der Waals surface area contributed by atoms with Gasteiger partial charge in [-0.1, -0.05) is 11.6 Å². The number of carbonyl (C=O) groups is 1. The van der Waals surface area contributed by atoms with Crippen molar-refractivity contribution in [2.45, 2.75) is 17.1 Å². The van der Waals surface area contributed by atoms with Crippen LogP contribution in [0.3, 0.4) is 0 Å². The van der Waals surface area contributed by atoms with Gasteiger partial charge >= 0.3 is 5.97 Å². The number of hydrogen-bond donors (Lipinski definition) is 1. The largest absolute Gasteiger partial charge is 0.478 e. The maximum Gasteiger partial charge on any atom is 0.335 e. The predicted molar refractivity (Wildman–Crippen MR) is 66.9 cm³/mol. The van der Waals surface area contributed by atoms with E-state index in [-0.39, 0.29) is 22.1 Å². The fourth-order valence-corrected chi connectivity index (χ4v) is 3.22. The molecule has 1 atom stereocenters. The zero-order chi connectivity index (χ0) is 13.9. The number of benzene rings is 1. The molecule has 100 valence electrons. The summed E-state index contributed by atoms with van der Waals surface area (Å²) in [5.41, 5.74) is -0.123. The third-order valence-corrected chi connectivity index (χ3v) is 5.00. The lowest BCUT2D eigenvalue weighted by Gasteiger charge is -2.13. The normalized spacial score (nSPS) is 13.3. The second kappa shape index (κ2) is 5.69. The van der Waals surface area contributed by atoms with Gasteiger partial charge in [0.05, 0.1) is 27.3 Å². The highest BCUT2D eigenvalue weighted by molar-refractivity contribution is 7.92. The number of carboxylic acid groups (broad SMARTS) is 1. The van der Waals surface area contributed by atoms with E-state index >= 15 is 0 Å². The zero-order valence-corrected chi connectivity index (χ0v) is 11.5. The lowest BCUT2D eigenvalue weighted by molar-refractivity contribution is 0.0696. The summed E-state index contributed by atoms with van der Waals surface area (Å²) in [6.07, 6.45) is 0. The standard InChI is InChI=1S/C11H13ClO5S/c1-7(6-17-2)18(15,16)10-5-8(11(13)14)3-4-9(10)12/h3-5,7H,6H2,1-2H3,(H,13,14). The van der Waals surface area contributed by atoms with Crippen LogP contribution in [0.15, 0.2) is 23.1 Å². The first-order valence-corrected chi connectivity index (χ1v) is 6.98. The van der Waals surface area contributed by atoms with Gasteiger partial charge in [0.25, 0.3) is 0 Å². The van der Waals surface area contributed by atoms with Crippen LogP contribution in [-0.2, 0) is 14.6 Å². The van der Waals surface area contributed by atoms with Gasteiger partial charge in [0.2, 0.25) is 0 Å². The molecule has 0 spiro atoms. The van der Waals surface area contributed by atoms with E-state index in [9.17, 15) is 13.2 Å². The molecule has 0 bridgehead atoms. The Morgan fingerprint density at radius 3 is 2.61 bits per heavy atom. The van der Waals surface area contributed by atoms with Crippen LogP contribution in [-0.4, -0.2) is 38.5 Å². The van der Waals surface area contributed by atoms with E-state index in [1.165, 1.54) is 26.2 Å². The predicted octanol–water partition coefficient (Wildman–Crippen LogP) is 1.85. The third kappa shape index (κ3) is 3.01. The number of sulfone groups is 1. The average Bonchev–Trinajstić information content (AvgIpc) is 2.29.